The smallest absolute Gasteiger partial charge is 0.271 e. The van der Waals surface area contributed by atoms with E-state index in [0.29, 0.717) is 5.69 Å². The second-order valence-corrected chi connectivity index (χ2v) is 6.17. The summed E-state index contributed by atoms with van der Waals surface area (Å²) < 4.78 is 0. The topological polar surface area (TPSA) is 80.9 Å². The Morgan fingerprint density at radius 1 is 1.26 bits per heavy atom. The highest BCUT2D eigenvalue weighted by molar-refractivity contribution is 5.92. The van der Waals surface area contributed by atoms with Crippen LogP contribution in [0.2, 0.25) is 0 Å². The Hall–Kier alpha value is -1.49. The monoisotopic (exact) mass is 260 g/mol. The van der Waals surface area contributed by atoms with Crippen LogP contribution in [0.3, 0.4) is 0 Å². The molecule has 2 bridgehead atoms. The zero-order valence-electron chi connectivity index (χ0n) is 11.3. The predicted molar refractivity (Wildman–Crippen MR) is 71.6 cm³/mol. The van der Waals surface area contributed by atoms with Gasteiger partial charge >= 0.3 is 0 Å². The van der Waals surface area contributed by atoms with Crippen molar-refractivity contribution in [1.29, 1.82) is 0 Å². The van der Waals surface area contributed by atoms with Gasteiger partial charge in [0.1, 0.15) is 5.69 Å². The maximum atomic E-state index is 12.3. The van der Waals surface area contributed by atoms with Gasteiger partial charge in [-0.3, -0.25) is 9.78 Å². The maximum absolute atomic E-state index is 12.3. The van der Waals surface area contributed by atoms with Crippen molar-refractivity contribution in [3.63, 3.8) is 0 Å². The van der Waals surface area contributed by atoms with Crippen molar-refractivity contribution in [3.8, 4) is 0 Å². The second kappa shape index (κ2) is 4.27. The summed E-state index contributed by atoms with van der Waals surface area (Å²) in [5, 5.41) is 3.16. The first-order valence-electron chi connectivity index (χ1n) is 6.91. The van der Waals surface area contributed by atoms with Crippen LogP contribution < -0.4 is 11.1 Å². The molecule has 1 aromatic rings. The number of nitrogens with two attached hydrogens (primary N) is 1. The van der Waals surface area contributed by atoms with Crippen molar-refractivity contribution in [2.24, 2.45) is 5.73 Å². The van der Waals surface area contributed by atoms with E-state index in [0.717, 1.165) is 44.2 Å². The number of carbonyl (C=O) groups excluding carboxylic acids is 1. The molecule has 1 amide bonds. The molecule has 2 aliphatic rings. The van der Waals surface area contributed by atoms with E-state index in [-0.39, 0.29) is 17.0 Å². The zero-order chi connectivity index (χ0) is 13.5. The molecular weight excluding hydrogens is 240 g/mol. The van der Waals surface area contributed by atoms with E-state index in [1.54, 1.807) is 6.20 Å². The molecule has 2 atom stereocenters. The summed E-state index contributed by atoms with van der Waals surface area (Å²) in [6, 6.07) is 0. The van der Waals surface area contributed by atoms with Gasteiger partial charge in [-0.25, -0.2) is 4.98 Å². The minimum atomic E-state index is -0.126. The highest BCUT2D eigenvalue weighted by Crippen LogP contribution is 2.46. The third-order valence-corrected chi connectivity index (χ3v) is 4.51. The fourth-order valence-electron chi connectivity index (χ4n) is 3.53. The van der Waals surface area contributed by atoms with Crippen LogP contribution in [-0.2, 0) is 0 Å². The molecule has 2 saturated carbocycles. The molecule has 3 N–H and O–H groups in total. The lowest BCUT2D eigenvalue weighted by molar-refractivity contribution is 0.0871. The van der Waals surface area contributed by atoms with Crippen LogP contribution in [0.4, 0.5) is 0 Å². The number of hydrogen-bond acceptors (Lipinski definition) is 4. The number of aromatic nitrogens is 2. The lowest BCUT2D eigenvalue weighted by atomic mass is 9.79. The molecule has 1 aromatic heterocycles. The van der Waals surface area contributed by atoms with Crippen molar-refractivity contribution >= 4 is 5.91 Å². The number of nitrogens with one attached hydrogen (secondary N) is 1. The lowest BCUT2D eigenvalue weighted by Gasteiger charge is -2.37. The molecule has 5 nitrogen and oxygen atoms in total. The van der Waals surface area contributed by atoms with Gasteiger partial charge in [-0.15, -0.1) is 0 Å². The molecule has 2 aliphatic carbocycles. The van der Waals surface area contributed by atoms with Gasteiger partial charge in [0.15, 0.2) is 0 Å². The van der Waals surface area contributed by atoms with Gasteiger partial charge in [-0.2, -0.15) is 0 Å². The van der Waals surface area contributed by atoms with Gasteiger partial charge in [0, 0.05) is 17.3 Å². The molecule has 1 heterocycles. The van der Waals surface area contributed by atoms with Gasteiger partial charge in [0.2, 0.25) is 0 Å². The number of amides is 1. The highest BCUT2D eigenvalue weighted by Gasteiger charge is 2.49. The Morgan fingerprint density at radius 3 is 2.84 bits per heavy atom. The summed E-state index contributed by atoms with van der Waals surface area (Å²) in [5.74, 6) is -0.126. The van der Waals surface area contributed by atoms with E-state index >= 15 is 0 Å². The molecule has 0 saturated heterocycles. The van der Waals surface area contributed by atoms with Crippen LogP contribution in [0.25, 0.3) is 0 Å². The quantitative estimate of drug-likeness (QED) is 0.840. The van der Waals surface area contributed by atoms with Crippen molar-refractivity contribution < 1.29 is 4.79 Å². The lowest BCUT2D eigenvalue weighted by Crippen LogP contribution is -2.52. The fourth-order valence-corrected chi connectivity index (χ4v) is 3.53. The average molecular weight is 260 g/mol. The third-order valence-electron chi connectivity index (χ3n) is 4.51. The van der Waals surface area contributed by atoms with Crippen molar-refractivity contribution in [2.75, 3.05) is 0 Å². The number of rotatable bonds is 2. The largest absolute Gasteiger partial charge is 0.345 e. The van der Waals surface area contributed by atoms with E-state index in [2.05, 4.69) is 15.3 Å². The fraction of sp³-hybridized carbons (Fsp3) is 0.643. The first-order valence-corrected chi connectivity index (χ1v) is 6.91. The van der Waals surface area contributed by atoms with Crippen molar-refractivity contribution in [2.45, 2.75) is 56.5 Å². The molecule has 0 aliphatic heterocycles. The molecule has 102 valence electrons. The SMILES string of the molecule is Cc1cnc(C(=O)N[C@@]23CCC[C@@](N)(CC2)C3)cn1. The summed E-state index contributed by atoms with van der Waals surface area (Å²) in [4.78, 5) is 20.5. The van der Waals surface area contributed by atoms with E-state index in [1.165, 1.54) is 6.20 Å². The Kier molecular flexibility index (Phi) is 2.82. The van der Waals surface area contributed by atoms with Gasteiger partial charge < -0.3 is 11.1 Å². The van der Waals surface area contributed by atoms with E-state index in [4.69, 9.17) is 5.73 Å². The Bertz CT molecular complexity index is 501. The van der Waals surface area contributed by atoms with Gasteiger partial charge in [0.05, 0.1) is 11.9 Å². The molecule has 0 aromatic carbocycles. The van der Waals surface area contributed by atoms with E-state index in [9.17, 15) is 4.79 Å². The molecule has 2 fully saturated rings. The predicted octanol–water partition coefficient (Wildman–Crippen LogP) is 1.32. The van der Waals surface area contributed by atoms with Crippen LogP contribution in [0.1, 0.15) is 54.7 Å². The molecular formula is C14H20N4O. The maximum Gasteiger partial charge on any atom is 0.271 e. The Labute approximate surface area is 113 Å². The van der Waals surface area contributed by atoms with Crippen LogP contribution in [0.15, 0.2) is 12.4 Å². The van der Waals surface area contributed by atoms with Crippen LogP contribution in [0, 0.1) is 6.92 Å². The van der Waals surface area contributed by atoms with Gasteiger partial charge in [-0.1, -0.05) is 0 Å². The number of carbonyl (C=O) groups is 1. The normalized spacial score (nSPS) is 33.2. The number of nitrogens with zero attached hydrogens (tertiary/aromatic N) is 2. The van der Waals surface area contributed by atoms with Crippen LogP contribution >= 0.6 is 0 Å². The summed E-state index contributed by atoms with van der Waals surface area (Å²) >= 11 is 0. The number of aryl methyl sites for hydroxylation is 1. The highest BCUT2D eigenvalue weighted by atomic mass is 16.2. The van der Waals surface area contributed by atoms with E-state index < -0.39 is 0 Å². The van der Waals surface area contributed by atoms with E-state index in [1.807, 2.05) is 6.92 Å². The van der Waals surface area contributed by atoms with Crippen molar-refractivity contribution in [3.05, 3.63) is 23.8 Å². The zero-order valence-corrected chi connectivity index (χ0v) is 11.3. The van der Waals surface area contributed by atoms with Crippen LogP contribution in [0.5, 0.6) is 0 Å². The summed E-state index contributed by atoms with van der Waals surface area (Å²) in [6.45, 7) is 1.86. The summed E-state index contributed by atoms with van der Waals surface area (Å²) in [5.41, 5.74) is 7.36. The molecule has 0 unspecified atom stereocenters. The minimum absolute atomic E-state index is 0.0650. The summed E-state index contributed by atoms with van der Waals surface area (Å²) in [6.07, 6.45) is 9.23. The molecule has 19 heavy (non-hydrogen) atoms. The molecule has 5 heteroatoms. The Morgan fingerprint density at radius 2 is 2.11 bits per heavy atom. The summed E-state index contributed by atoms with van der Waals surface area (Å²) in [7, 11) is 0. The molecule has 0 radical (unpaired) electrons. The van der Waals surface area contributed by atoms with Gasteiger partial charge in [0.25, 0.3) is 5.91 Å². The average Bonchev–Trinajstić information content (AvgIpc) is 2.60. The molecule has 0 spiro atoms. The van der Waals surface area contributed by atoms with Gasteiger partial charge in [-0.05, 0) is 45.4 Å². The van der Waals surface area contributed by atoms with Crippen LogP contribution in [-0.4, -0.2) is 27.0 Å². The first-order chi connectivity index (χ1) is 9.00. The first kappa shape index (κ1) is 12.5. The molecule has 3 rings (SSSR count). The Balaban J connectivity index is 1.74. The number of hydrogen-bond donors (Lipinski definition) is 2. The number of fused-ring (bicyclic) bond motifs is 2. The second-order valence-electron chi connectivity index (χ2n) is 6.17. The third kappa shape index (κ3) is 2.34. The van der Waals surface area contributed by atoms with Crippen molar-refractivity contribution in [1.82, 2.24) is 15.3 Å². The minimum Gasteiger partial charge on any atom is -0.345 e. The standard InChI is InChI=1S/C14H20N4O/c1-10-7-17-11(8-16-10)12(19)18-14-4-2-3-13(15,9-14)5-6-14/h7-8H,2-6,9,15H2,1H3,(H,18,19)/t13-,14+/m1/s1.